The van der Waals surface area contributed by atoms with Crippen molar-refractivity contribution in [3.63, 3.8) is 0 Å². The third-order valence-electron chi connectivity index (χ3n) is 4.20. The predicted octanol–water partition coefficient (Wildman–Crippen LogP) is 3.08. The SMILES string of the molecule is CCC1CCC(=O)N(CCCOc2cccc(N)c2)CC1. The number of hydrogen-bond donors (Lipinski definition) is 1. The number of likely N-dealkylation sites (tertiary alicyclic amines) is 1. The molecule has 1 saturated heterocycles. The number of nitrogens with two attached hydrogens (primary N) is 1. The van der Waals surface area contributed by atoms with Crippen LogP contribution in [0, 0.1) is 5.92 Å². The Balaban J connectivity index is 1.71. The van der Waals surface area contributed by atoms with Gasteiger partial charge in [-0.15, -0.1) is 0 Å². The second kappa shape index (κ2) is 7.91. The molecule has 0 radical (unpaired) electrons. The molecule has 1 aromatic carbocycles. The summed E-state index contributed by atoms with van der Waals surface area (Å²) in [5, 5.41) is 0. The van der Waals surface area contributed by atoms with Crippen molar-refractivity contribution in [2.24, 2.45) is 5.92 Å². The highest BCUT2D eigenvalue weighted by Gasteiger charge is 2.20. The number of carbonyl (C=O) groups excluding carboxylic acids is 1. The molecule has 2 N–H and O–H groups in total. The van der Waals surface area contributed by atoms with E-state index in [0.717, 1.165) is 38.1 Å². The summed E-state index contributed by atoms with van der Waals surface area (Å²) in [5.74, 6) is 1.81. The van der Waals surface area contributed by atoms with Crippen molar-refractivity contribution in [3.8, 4) is 5.75 Å². The highest BCUT2D eigenvalue weighted by atomic mass is 16.5. The number of amides is 1. The van der Waals surface area contributed by atoms with Gasteiger partial charge in [0.05, 0.1) is 6.61 Å². The van der Waals surface area contributed by atoms with E-state index in [9.17, 15) is 4.79 Å². The Kier molecular flexibility index (Phi) is 5.90. The molecule has 1 unspecified atom stereocenters. The number of anilines is 1. The van der Waals surface area contributed by atoms with Crippen LogP contribution in [-0.2, 0) is 4.79 Å². The number of carbonyl (C=O) groups is 1. The Labute approximate surface area is 127 Å². The van der Waals surface area contributed by atoms with Gasteiger partial charge in [-0.3, -0.25) is 4.79 Å². The lowest BCUT2D eigenvalue weighted by molar-refractivity contribution is -0.130. The number of ether oxygens (including phenoxy) is 1. The lowest BCUT2D eigenvalue weighted by atomic mass is 9.98. The largest absolute Gasteiger partial charge is 0.493 e. The standard InChI is InChI=1S/C17H26N2O2/c1-2-14-7-8-17(20)19(11-9-14)10-4-12-21-16-6-3-5-15(18)13-16/h3,5-6,13-14H,2,4,7-12,18H2,1H3. The zero-order valence-corrected chi connectivity index (χ0v) is 12.9. The van der Waals surface area contributed by atoms with Crippen molar-refractivity contribution < 1.29 is 9.53 Å². The Bertz CT molecular complexity index is 462. The molecule has 1 fully saturated rings. The van der Waals surface area contributed by atoms with Gasteiger partial charge in [0, 0.05) is 31.3 Å². The Morgan fingerprint density at radius 2 is 2.24 bits per heavy atom. The molecule has 0 aliphatic carbocycles. The second-order valence-corrected chi connectivity index (χ2v) is 5.76. The molecule has 1 aliphatic rings. The van der Waals surface area contributed by atoms with Crippen LogP contribution >= 0.6 is 0 Å². The molecule has 1 heterocycles. The fraction of sp³-hybridized carbons (Fsp3) is 0.588. The van der Waals surface area contributed by atoms with Gasteiger partial charge in [0.15, 0.2) is 0 Å². The number of benzene rings is 1. The van der Waals surface area contributed by atoms with Crippen LogP contribution in [-0.4, -0.2) is 30.5 Å². The zero-order chi connectivity index (χ0) is 15.1. The van der Waals surface area contributed by atoms with Gasteiger partial charge >= 0.3 is 0 Å². The van der Waals surface area contributed by atoms with E-state index in [1.165, 1.54) is 6.42 Å². The molecule has 1 aliphatic heterocycles. The number of nitrogen functional groups attached to an aromatic ring is 1. The molecule has 2 rings (SSSR count). The van der Waals surface area contributed by atoms with Crippen molar-refractivity contribution in [2.45, 2.75) is 39.0 Å². The maximum Gasteiger partial charge on any atom is 0.222 e. The second-order valence-electron chi connectivity index (χ2n) is 5.76. The van der Waals surface area contributed by atoms with E-state index in [0.29, 0.717) is 30.5 Å². The minimum absolute atomic E-state index is 0.301. The molecule has 4 nitrogen and oxygen atoms in total. The van der Waals surface area contributed by atoms with Crippen LogP contribution in [0.1, 0.15) is 39.0 Å². The van der Waals surface area contributed by atoms with Crippen LogP contribution in [0.25, 0.3) is 0 Å². The third kappa shape index (κ3) is 4.96. The van der Waals surface area contributed by atoms with Crippen molar-refractivity contribution in [2.75, 3.05) is 25.4 Å². The molecule has 21 heavy (non-hydrogen) atoms. The summed E-state index contributed by atoms with van der Waals surface area (Å²) in [7, 11) is 0. The molecular formula is C17H26N2O2. The van der Waals surface area contributed by atoms with E-state index in [-0.39, 0.29) is 0 Å². The summed E-state index contributed by atoms with van der Waals surface area (Å²) in [6, 6.07) is 7.45. The monoisotopic (exact) mass is 290 g/mol. The average Bonchev–Trinajstić information content (AvgIpc) is 2.66. The smallest absolute Gasteiger partial charge is 0.222 e. The summed E-state index contributed by atoms with van der Waals surface area (Å²) >= 11 is 0. The molecule has 0 bridgehead atoms. The molecule has 0 aromatic heterocycles. The fourth-order valence-electron chi connectivity index (χ4n) is 2.79. The van der Waals surface area contributed by atoms with Crippen molar-refractivity contribution >= 4 is 11.6 Å². The van der Waals surface area contributed by atoms with Crippen LogP contribution in [0.5, 0.6) is 5.75 Å². The fourth-order valence-corrected chi connectivity index (χ4v) is 2.79. The summed E-state index contributed by atoms with van der Waals surface area (Å²) in [5.41, 5.74) is 6.42. The molecule has 0 spiro atoms. The van der Waals surface area contributed by atoms with Crippen molar-refractivity contribution in [1.82, 2.24) is 4.90 Å². The molecule has 1 aromatic rings. The topological polar surface area (TPSA) is 55.6 Å². The summed E-state index contributed by atoms with van der Waals surface area (Å²) in [6.45, 7) is 4.52. The van der Waals surface area contributed by atoms with Gasteiger partial charge in [0.2, 0.25) is 5.91 Å². The van der Waals surface area contributed by atoms with Gasteiger partial charge in [-0.2, -0.15) is 0 Å². The molecule has 1 atom stereocenters. The first-order valence-corrected chi connectivity index (χ1v) is 7.95. The molecule has 116 valence electrons. The molecular weight excluding hydrogens is 264 g/mol. The van der Waals surface area contributed by atoms with E-state index >= 15 is 0 Å². The Hall–Kier alpha value is -1.71. The minimum atomic E-state index is 0.301. The van der Waals surface area contributed by atoms with Crippen LogP contribution in [0.2, 0.25) is 0 Å². The van der Waals surface area contributed by atoms with Crippen LogP contribution < -0.4 is 10.5 Å². The first-order valence-electron chi connectivity index (χ1n) is 7.95. The highest BCUT2D eigenvalue weighted by Crippen LogP contribution is 2.21. The third-order valence-corrected chi connectivity index (χ3v) is 4.20. The van der Waals surface area contributed by atoms with E-state index in [1.807, 2.05) is 29.2 Å². The normalized spacial score (nSPS) is 19.4. The average molecular weight is 290 g/mol. The quantitative estimate of drug-likeness (QED) is 0.647. The van der Waals surface area contributed by atoms with E-state index in [1.54, 1.807) is 0 Å². The van der Waals surface area contributed by atoms with Gasteiger partial charge in [0.1, 0.15) is 5.75 Å². The van der Waals surface area contributed by atoms with Crippen LogP contribution in [0.4, 0.5) is 5.69 Å². The summed E-state index contributed by atoms with van der Waals surface area (Å²) in [6.07, 6.45) is 4.93. The molecule has 4 heteroatoms. The number of hydrogen-bond acceptors (Lipinski definition) is 3. The number of rotatable bonds is 6. The van der Waals surface area contributed by atoms with Crippen LogP contribution in [0.15, 0.2) is 24.3 Å². The maximum absolute atomic E-state index is 12.1. The first-order chi connectivity index (χ1) is 10.2. The van der Waals surface area contributed by atoms with Gasteiger partial charge in [-0.05, 0) is 37.3 Å². The number of nitrogens with zero attached hydrogens (tertiary/aromatic N) is 1. The first kappa shape index (κ1) is 15.7. The van der Waals surface area contributed by atoms with Crippen LogP contribution in [0.3, 0.4) is 0 Å². The highest BCUT2D eigenvalue weighted by molar-refractivity contribution is 5.76. The summed E-state index contributed by atoms with van der Waals surface area (Å²) in [4.78, 5) is 14.1. The van der Waals surface area contributed by atoms with E-state index in [4.69, 9.17) is 10.5 Å². The Morgan fingerprint density at radius 3 is 3.00 bits per heavy atom. The molecule has 1 amide bonds. The van der Waals surface area contributed by atoms with E-state index in [2.05, 4.69) is 6.92 Å². The van der Waals surface area contributed by atoms with E-state index < -0.39 is 0 Å². The lowest BCUT2D eigenvalue weighted by Gasteiger charge is -2.20. The van der Waals surface area contributed by atoms with Gasteiger partial charge in [0.25, 0.3) is 0 Å². The predicted molar refractivity (Wildman–Crippen MR) is 85.2 cm³/mol. The van der Waals surface area contributed by atoms with Gasteiger partial charge in [-0.25, -0.2) is 0 Å². The van der Waals surface area contributed by atoms with Crippen molar-refractivity contribution in [1.29, 1.82) is 0 Å². The summed E-state index contributed by atoms with van der Waals surface area (Å²) < 4.78 is 5.67. The van der Waals surface area contributed by atoms with Gasteiger partial charge in [-0.1, -0.05) is 19.4 Å². The molecule has 0 saturated carbocycles. The minimum Gasteiger partial charge on any atom is -0.493 e. The zero-order valence-electron chi connectivity index (χ0n) is 12.9. The maximum atomic E-state index is 12.1. The lowest BCUT2D eigenvalue weighted by Crippen LogP contribution is -2.32. The Morgan fingerprint density at radius 1 is 1.38 bits per heavy atom. The van der Waals surface area contributed by atoms with Crippen molar-refractivity contribution in [3.05, 3.63) is 24.3 Å². The van der Waals surface area contributed by atoms with Gasteiger partial charge < -0.3 is 15.4 Å².